The molecule has 0 aliphatic heterocycles. The lowest BCUT2D eigenvalue weighted by Gasteiger charge is -2.33. The van der Waals surface area contributed by atoms with Crippen molar-refractivity contribution < 1.29 is 0 Å². The first-order chi connectivity index (χ1) is 17.3. The third kappa shape index (κ3) is 6.90. The van der Waals surface area contributed by atoms with Gasteiger partial charge in [-0.3, -0.25) is 0 Å². The quantitative estimate of drug-likeness (QED) is 0.196. The zero-order valence-electron chi connectivity index (χ0n) is 23.7. The van der Waals surface area contributed by atoms with E-state index < -0.39 is 8.07 Å². The molecule has 3 aromatic carbocycles. The first kappa shape index (κ1) is 26.7. The maximum absolute atomic E-state index is 5.05. The van der Waals surface area contributed by atoms with Gasteiger partial charge in [-0.1, -0.05) is 115 Å². The average Bonchev–Trinajstić information content (AvgIpc) is 3.27. The van der Waals surface area contributed by atoms with E-state index in [4.69, 9.17) is 5.10 Å². The van der Waals surface area contributed by atoms with E-state index in [1.165, 1.54) is 5.56 Å². The van der Waals surface area contributed by atoms with Gasteiger partial charge < -0.3 is 0 Å². The predicted molar refractivity (Wildman–Crippen MR) is 162 cm³/mol. The van der Waals surface area contributed by atoms with Gasteiger partial charge in [0.05, 0.1) is 17.1 Å². The molecule has 37 heavy (non-hydrogen) atoms. The third-order valence-corrected chi connectivity index (χ3v) is 7.28. The van der Waals surface area contributed by atoms with Crippen LogP contribution in [-0.2, 0) is 5.41 Å². The zero-order valence-corrected chi connectivity index (χ0v) is 24.7. The Morgan fingerprint density at radius 1 is 0.757 bits per heavy atom. The Bertz CT molecular complexity index is 1400. The summed E-state index contributed by atoms with van der Waals surface area (Å²) in [7, 11) is -1.40. The molecule has 1 heterocycles. The van der Waals surface area contributed by atoms with E-state index in [0.717, 1.165) is 40.2 Å². The normalized spacial score (nSPS) is 12.2. The topological polar surface area (TPSA) is 17.8 Å². The van der Waals surface area contributed by atoms with Gasteiger partial charge >= 0.3 is 0 Å². The fourth-order valence-corrected chi connectivity index (χ4v) is 5.52. The number of nitrogens with zero attached hydrogens (tertiary/aromatic N) is 2. The number of aromatic nitrogens is 2. The molecule has 0 unspecified atom stereocenters. The number of para-hydroxylation sites is 1. The van der Waals surface area contributed by atoms with Crippen LogP contribution < -0.4 is 0 Å². The number of benzene rings is 3. The van der Waals surface area contributed by atoms with Crippen LogP contribution in [0.1, 0.15) is 52.2 Å². The van der Waals surface area contributed by atoms with Gasteiger partial charge in [0.15, 0.2) is 0 Å². The summed E-state index contributed by atoms with van der Waals surface area (Å²) < 4.78 is 2.06. The third-order valence-electron chi connectivity index (χ3n) is 6.41. The van der Waals surface area contributed by atoms with E-state index in [2.05, 4.69) is 149 Å². The minimum atomic E-state index is -1.40. The van der Waals surface area contributed by atoms with Gasteiger partial charge in [0.1, 0.15) is 8.07 Å². The number of hydrogen-bond donors (Lipinski definition) is 0. The van der Waals surface area contributed by atoms with E-state index in [1.807, 2.05) is 6.07 Å². The predicted octanol–water partition coefficient (Wildman–Crippen LogP) is 9.15. The largest absolute Gasteiger partial charge is 0.232 e. The summed E-state index contributed by atoms with van der Waals surface area (Å²) in [5, 5.41) is 5.05. The summed E-state index contributed by atoms with van der Waals surface area (Å²) in [6.07, 6.45) is 1.13. The van der Waals surface area contributed by atoms with Gasteiger partial charge in [-0.25, -0.2) is 4.68 Å². The highest BCUT2D eigenvalue weighted by atomic mass is 28.3. The van der Waals surface area contributed by atoms with Crippen LogP contribution in [-0.4, -0.2) is 17.9 Å². The minimum Gasteiger partial charge on any atom is -0.232 e. The van der Waals surface area contributed by atoms with Crippen molar-refractivity contribution in [1.82, 2.24) is 9.78 Å². The Hall–Kier alpha value is -3.35. The molecule has 3 heteroatoms. The fourth-order valence-electron chi connectivity index (χ4n) is 5.00. The SMILES string of the molecule is CC(C)(C)CC(C)(C)c1ccc(-c2cc(-c3ccc(C#C[Si](C)(C)C)cc3)nn2-c2ccccc2)cc1. The average molecular weight is 505 g/mol. The molecule has 0 saturated heterocycles. The number of rotatable bonds is 5. The molecule has 0 N–H and O–H groups in total. The van der Waals surface area contributed by atoms with Crippen molar-refractivity contribution in [3.05, 3.63) is 96.1 Å². The summed E-state index contributed by atoms with van der Waals surface area (Å²) in [5.41, 5.74) is 11.6. The lowest BCUT2D eigenvalue weighted by Crippen LogP contribution is -2.24. The molecule has 0 amide bonds. The standard InChI is InChI=1S/C34H40N2Si/c1-33(2,3)25-34(4,5)29-20-18-28(19-21-29)32-24-31(35-36(32)30-12-10-9-11-13-30)27-16-14-26(15-17-27)22-23-37(6,7)8/h9-21,24H,25H2,1-8H3. The molecule has 0 spiro atoms. The Balaban J connectivity index is 1.72. The lowest BCUT2D eigenvalue weighted by molar-refractivity contribution is 0.284. The van der Waals surface area contributed by atoms with Crippen molar-refractivity contribution in [2.45, 2.75) is 66.1 Å². The lowest BCUT2D eigenvalue weighted by atomic mass is 9.72. The van der Waals surface area contributed by atoms with Crippen LogP contribution in [0.3, 0.4) is 0 Å². The van der Waals surface area contributed by atoms with Crippen molar-refractivity contribution >= 4 is 8.07 Å². The first-order valence-electron chi connectivity index (χ1n) is 13.2. The van der Waals surface area contributed by atoms with Gasteiger partial charge in [0.2, 0.25) is 0 Å². The van der Waals surface area contributed by atoms with Gasteiger partial charge in [-0.15, -0.1) is 5.54 Å². The molecule has 0 saturated carbocycles. The molecular weight excluding hydrogens is 464 g/mol. The van der Waals surface area contributed by atoms with Crippen LogP contribution in [0.5, 0.6) is 0 Å². The van der Waals surface area contributed by atoms with Crippen LogP contribution in [0.4, 0.5) is 0 Å². The van der Waals surface area contributed by atoms with Gasteiger partial charge in [0, 0.05) is 16.7 Å². The Morgan fingerprint density at radius 2 is 1.35 bits per heavy atom. The second kappa shape index (κ2) is 10.2. The summed E-state index contributed by atoms with van der Waals surface area (Å²) in [5.74, 6) is 3.35. The molecule has 4 rings (SSSR count). The molecule has 0 bridgehead atoms. The smallest absolute Gasteiger partial charge is 0.129 e. The molecule has 0 radical (unpaired) electrons. The highest BCUT2D eigenvalue weighted by molar-refractivity contribution is 6.83. The van der Waals surface area contributed by atoms with E-state index in [-0.39, 0.29) is 10.8 Å². The summed E-state index contributed by atoms with van der Waals surface area (Å²) in [4.78, 5) is 0. The van der Waals surface area contributed by atoms with Crippen molar-refractivity contribution in [1.29, 1.82) is 0 Å². The maximum atomic E-state index is 5.05. The maximum Gasteiger partial charge on any atom is 0.129 e. The Kier molecular flexibility index (Phi) is 7.35. The minimum absolute atomic E-state index is 0.113. The Morgan fingerprint density at radius 3 is 1.92 bits per heavy atom. The first-order valence-corrected chi connectivity index (χ1v) is 16.7. The molecule has 0 aliphatic rings. The zero-order chi connectivity index (χ0) is 26.8. The highest BCUT2D eigenvalue weighted by Gasteiger charge is 2.27. The van der Waals surface area contributed by atoms with E-state index in [0.29, 0.717) is 0 Å². The molecule has 190 valence electrons. The monoisotopic (exact) mass is 504 g/mol. The highest BCUT2D eigenvalue weighted by Crippen LogP contribution is 2.37. The van der Waals surface area contributed by atoms with Gasteiger partial charge in [-0.05, 0) is 53.1 Å². The van der Waals surface area contributed by atoms with Gasteiger partial charge in [0.25, 0.3) is 0 Å². The molecule has 4 aromatic rings. The van der Waals surface area contributed by atoms with Crippen LogP contribution in [0.15, 0.2) is 84.9 Å². The molecule has 0 aliphatic carbocycles. The molecular formula is C34H40N2Si. The van der Waals surface area contributed by atoms with Crippen LogP contribution in [0.25, 0.3) is 28.2 Å². The molecule has 2 nitrogen and oxygen atoms in total. The summed E-state index contributed by atoms with van der Waals surface area (Å²) >= 11 is 0. The Labute approximate surface area is 224 Å². The summed E-state index contributed by atoms with van der Waals surface area (Å²) in [6, 6.07) is 30.1. The van der Waals surface area contributed by atoms with E-state index in [9.17, 15) is 0 Å². The second-order valence-corrected chi connectivity index (χ2v) is 17.7. The van der Waals surface area contributed by atoms with Crippen molar-refractivity contribution in [2.75, 3.05) is 0 Å². The number of hydrogen-bond acceptors (Lipinski definition) is 1. The fraction of sp³-hybridized carbons (Fsp3) is 0.324. The van der Waals surface area contributed by atoms with Crippen LogP contribution in [0, 0.1) is 16.9 Å². The van der Waals surface area contributed by atoms with Crippen LogP contribution in [0.2, 0.25) is 19.6 Å². The second-order valence-electron chi connectivity index (χ2n) is 12.9. The van der Waals surface area contributed by atoms with E-state index in [1.54, 1.807) is 0 Å². The van der Waals surface area contributed by atoms with E-state index >= 15 is 0 Å². The summed E-state index contributed by atoms with van der Waals surface area (Å²) in [6.45, 7) is 18.4. The van der Waals surface area contributed by atoms with Crippen molar-refractivity contribution in [3.8, 4) is 39.7 Å². The van der Waals surface area contributed by atoms with Gasteiger partial charge in [-0.2, -0.15) is 5.10 Å². The molecule has 0 fully saturated rings. The van der Waals surface area contributed by atoms with Crippen molar-refractivity contribution in [3.63, 3.8) is 0 Å². The molecule has 1 aromatic heterocycles. The molecule has 0 atom stereocenters. The van der Waals surface area contributed by atoms with Crippen LogP contribution >= 0.6 is 0 Å². The van der Waals surface area contributed by atoms with Crippen molar-refractivity contribution in [2.24, 2.45) is 5.41 Å².